The molecule has 0 saturated carbocycles. The van der Waals surface area contributed by atoms with Crippen molar-refractivity contribution < 1.29 is 14.1 Å². The molecule has 6 heteroatoms. The van der Waals surface area contributed by atoms with Crippen molar-refractivity contribution in [2.75, 3.05) is 10.6 Å². The molecule has 0 unspecified atom stereocenters. The number of rotatable bonds is 5. The lowest BCUT2D eigenvalue weighted by molar-refractivity contribution is -0.135. The average Bonchev–Trinajstić information content (AvgIpc) is 2.92. The Hall–Kier alpha value is -2.63. The fraction of sp³-hybridized carbons (Fsp3) is 0.353. The first-order valence-corrected chi connectivity index (χ1v) is 7.48. The number of nitrogens with one attached hydrogen (secondary N) is 2. The van der Waals surface area contributed by atoms with E-state index in [9.17, 15) is 9.59 Å². The number of aryl methyl sites for hydroxylation is 2. The number of hydrogen-bond acceptors (Lipinski definition) is 4. The monoisotopic (exact) mass is 315 g/mol. The molecule has 0 aliphatic rings. The number of para-hydroxylation sites is 1. The topological polar surface area (TPSA) is 84.2 Å². The highest BCUT2D eigenvalue weighted by Crippen LogP contribution is 2.23. The predicted octanol–water partition coefficient (Wildman–Crippen LogP) is 3.15. The first kappa shape index (κ1) is 16.7. The SMILES string of the molecule is CCc1ccccc1NC(=O)C(C)(C)C(=O)Nc1cc(C)on1. The highest BCUT2D eigenvalue weighted by molar-refractivity contribution is 6.13. The van der Waals surface area contributed by atoms with Gasteiger partial charge in [0.15, 0.2) is 5.82 Å². The minimum Gasteiger partial charge on any atom is -0.360 e. The maximum absolute atomic E-state index is 12.5. The smallest absolute Gasteiger partial charge is 0.240 e. The number of nitrogens with zero attached hydrogens (tertiary/aromatic N) is 1. The van der Waals surface area contributed by atoms with Gasteiger partial charge in [0.2, 0.25) is 11.8 Å². The summed E-state index contributed by atoms with van der Waals surface area (Å²) in [7, 11) is 0. The van der Waals surface area contributed by atoms with Crippen LogP contribution in [0.5, 0.6) is 0 Å². The van der Waals surface area contributed by atoms with Crippen LogP contribution in [0.2, 0.25) is 0 Å². The summed E-state index contributed by atoms with van der Waals surface area (Å²) in [4.78, 5) is 24.9. The van der Waals surface area contributed by atoms with Gasteiger partial charge in [-0.2, -0.15) is 0 Å². The average molecular weight is 315 g/mol. The Balaban J connectivity index is 2.11. The molecule has 0 saturated heterocycles. The third-order valence-electron chi connectivity index (χ3n) is 3.65. The second-order valence-corrected chi connectivity index (χ2v) is 5.87. The Morgan fingerprint density at radius 1 is 1.17 bits per heavy atom. The van der Waals surface area contributed by atoms with Gasteiger partial charge >= 0.3 is 0 Å². The number of carbonyl (C=O) groups is 2. The van der Waals surface area contributed by atoms with Crippen LogP contribution in [-0.2, 0) is 16.0 Å². The third kappa shape index (κ3) is 3.77. The van der Waals surface area contributed by atoms with E-state index in [1.165, 1.54) is 0 Å². The van der Waals surface area contributed by atoms with Crippen LogP contribution in [0.25, 0.3) is 0 Å². The van der Waals surface area contributed by atoms with Crippen LogP contribution in [0.4, 0.5) is 11.5 Å². The lowest BCUT2D eigenvalue weighted by Gasteiger charge is -2.22. The normalized spacial score (nSPS) is 11.1. The second-order valence-electron chi connectivity index (χ2n) is 5.87. The van der Waals surface area contributed by atoms with E-state index in [-0.39, 0.29) is 5.91 Å². The van der Waals surface area contributed by atoms with Gasteiger partial charge in [-0.3, -0.25) is 9.59 Å². The van der Waals surface area contributed by atoms with Crippen LogP contribution >= 0.6 is 0 Å². The van der Waals surface area contributed by atoms with Crippen molar-refractivity contribution >= 4 is 23.3 Å². The number of amides is 2. The minimum atomic E-state index is -1.26. The number of carbonyl (C=O) groups excluding carboxylic acids is 2. The van der Waals surface area contributed by atoms with Crippen LogP contribution in [0.15, 0.2) is 34.9 Å². The lowest BCUT2D eigenvalue weighted by Crippen LogP contribution is -2.41. The van der Waals surface area contributed by atoms with Crippen LogP contribution in [-0.4, -0.2) is 17.0 Å². The van der Waals surface area contributed by atoms with Gasteiger partial charge in [0.25, 0.3) is 0 Å². The van der Waals surface area contributed by atoms with Crippen LogP contribution < -0.4 is 10.6 Å². The molecule has 0 radical (unpaired) electrons. The van der Waals surface area contributed by atoms with E-state index in [1.807, 2.05) is 31.2 Å². The Bertz CT molecular complexity index is 719. The molecule has 2 amide bonds. The van der Waals surface area contributed by atoms with Crippen molar-refractivity contribution in [2.24, 2.45) is 5.41 Å². The molecular weight excluding hydrogens is 294 g/mol. The van der Waals surface area contributed by atoms with Gasteiger partial charge in [0.05, 0.1) is 0 Å². The zero-order chi connectivity index (χ0) is 17.0. The quantitative estimate of drug-likeness (QED) is 0.830. The van der Waals surface area contributed by atoms with E-state index in [4.69, 9.17) is 4.52 Å². The Morgan fingerprint density at radius 3 is 2.43 bits per heavy atom. The molecule has 0 bridgehead atoms. The Morgan fingerprint density at radius 2 is 1.83 bits per heavy atom. The van der Waals surface area contributed by atoms with Gasteiger partial charge in [-0.05, 0) is 38.8 Å². The summed E-state index contributed by atoms with van der Waals surface area (Å²) in [5.41, 5.74) is 0.482. The summed E-state index contributed by atoms with van der Waals surface area (Å²) in [6.45, 7) is 6.87. The van der Waals surface area contributed by atoms with Crippen molar-refractivity contribution in [3.05, 3.63) is 41.7 Å². The van der Waals surface area contributed by atoms with Gasteiger partial charge in [-0.15, -0.1) is 0 Å². The van der Waals surface area contributed by atoms with Crippen molar-refractivity contribution in [1.82, 2.24) is 5.16 Å². The molecule has 6 nitrogen and oxygen atoms in total. The fourth-order valence-corrected chi connectivity index (χ4v) is 2.03. The van der Waals surface area contributed by atoms with Crippen LogP contribution in [0, 0.1) is 12.3 Å². The molecule has 2 rings (SSSR count). The summed E-state index contributed by atoms with van der Waals surface area (Å²) in [5.74, 6) is 0.0511. The molecule has 0 aliphatic heterocycles. The molecule has 122 valence electrons. The van der Waals surface area contributed by atoms with Crippen LogP contribution in [0.1, 0.15) is 32.1 Å². The first-order valence-electron chi connectivity index (χ1n) is 7.48. The van der Waals surface area contributed by atoms with Crippen molar-refractivity contribution in [3.8, 4) is 0 Å². The molecule has 23 heavy (non-hydrogen) atoms. The van der Waals surface area contributed by atoms with Crippen molar-refractivity contribution in [3.63, 3.8) is 0 Å². The van der Waals surface area contributed by atoms with Gasteiger partial charge in [-0.1, -0.05) is 30.3 Å². The zero-order valence-corrected chi connectivity index (χ0v) is 13.8. The lowest BCUT2D eigenvalue weighted by atomic mass is 9.90. The van der Waals surface area contributed by atoms with E-state index in [0.29, 0.717) is 11.6 Å². The molecule has 0 aliphatic carbocycles. The van der Waals surface area contributed by atoms with Gasteiger partial charge in [0.1, 0.15) is 11.2 Å². The summed E-state index contributed by atoms with van der Waals surface area (Å²) in [6.07, 6.45) is 0.793. The maximum Gasteiger partial charge on any atom is 0.240 e. The second kappa shape index (κ2) is 6.64. The van der Waals surface area contributed by atoms with Gasteiger partial charge < -0.3 is 15.2 Å². The van der Waals surface area contributed by atoms with Crippen LogP contribution in [0.3, 0.4) is 0 Å². The van der Waals surface area contributed by atoms with Crippen molar-refractivity contribution in [2.45, 2.75) is 34.1 Å². The standard InChI is InChI=1S/C17H21N3O3/c1-5-12-8-6-7-9-13(12)18-15(21)17(3,4)16(22)19-14-10-11(2)23-20-14/h6-10H,5H2,1-4H3,(H,18,21)(H,19,20,22). The number of hydrogen-bond donors (Lipinski definition) is 2. The van der Waals surface area contributed by atoms with Gasteiger partial charge in [0, 0.05) is 11.8 Å². The van der Waals surface area contributed by atoms with E-state index in [0.717, 1.165) is 17.7 Å². The summed E-state index contributed by atoms with van der Waals surface area (Å²) in [6, 6.07) is 9.13. The molecule has 1 aromatic heterocycles. The van der Waals surface area contributed by atoms with E-state index >= 15 is 0 Å². The molecular formula is C17H21N3O3. The number of anilines is 2. The Kier molecular flexibility index (Phi) is 4.83. The fourth-order valence-electron chi connectivity index (χ4n) is 2.03. The van der Waals surface area contributed by atoms with E-state index < -0.39 is 11.3 Å². The largest absolute Gasteiger partial charge is 0.360 e. The summed E-state index contributed by atoms with van der Waals surface area (Å²) >= 11 is 0. The number of benzene rings is 1. The molecule has 1 heterocycles. The predicted molar refractivity (Wildman–Crippen MR) is 88.1 cm³/mol. The van der Waals surface area contributed by atoms with Crippen molar-refractivity contribution in [1.29, 1.82) is 0 Å². The maximum atomic E-state index is 12.5. The molecule has 2 N–H and O–H groups in total. The zero-order valence-electron chi connectivity index (χ0n) is 13.8. The first-order chi connectivity index (χ1) is 10.8. The number of aromatic nitrogens is 1. The highest BCUT2D eigenvalue weighted by atomic mass is 16.5. The third-order valence-corrected chi connectivity index (χ3v) is 3.65. The molecule has 1 aromatic carbocycles. The molecule has 0 atom stereocenters. The van der Waals surface area contributed by atoms with E-state index in [2.05, 4.69) is 15.8 Å². The summed E-state index contributed by atoms with van der Waals surface area (Å²) in [5, 5.41) is 9.12. The molecule has 0 fully saturated rings. The highest BCUT2D eigenvalue weighted by Gasteiger charge is 2.36. The Labute approximate surface area is 135 Å². The van der Waals surface area contributed by atoms with Gasteiger partial charge in [-0.25, -0.2) is 0 Å². The minimum absolute atomic E-state index is 0.294. The van der Waals surface area contributed by atoms with E-state index in [1.54, 1.807) is 26.8 Å². The summed E-state index contributed by atoms with van der Waals surface area (Å²) < 4.78 is 4.90. The molecule has 0 spiro atoms. The molecule has 2 aromatic rings.